The SMILES string of the molecule is Cc1noc(C)c1CN1CC[C@@H](NC(=O)c2ccc3n[nH]nc3c2)[C@H](O)C1. The number of carbonyl (C=O) groups is 1. The van der Waals surface area contributed by atoms with Crippen molar-refractivity contribution in [1.82, 2.24) is 30.8 Å². The predicted octanol–water partition coefficient (Wildman–Crippen LogP) is 0.928. The highest BCUT2D eigenvalue weighted by molar-refractivity contribution is 5.97. The lowest BCUT2D eigenvalue weighted by Crippen LogP contribution is -2.53. The van der Waals surface area contributed by atoms with Gasteiger partial charge in [-0.15, -0.1) is 0 Å². The lowest BCUT2D eigenvalue weighted by molar-refractivity contribution is 0.0347. The third-order valence-electron chi connectivity index (χ3n) is 5.12. The number of likely N-dealkylation sites (tertiary alicyclic amines) is 1. The number of amides is 1. The van der Waals surface area contributed by atoms with Gasteiger partial charge in [0.05, 0.1) is 17.8 Å². The summed E-state index contributed by atoms with van der Waals surface area (Å²) >= 11 is 0. The van der Waals surface area contributed by atoms with E-state index in [0.717, 1.165) is 23.6 Å². The zero-order valence-electron chi connectivity index (χ0n) is 15.3. The number of carbonyl (C=O) groups excluding carboxylic acids is 1. The molecule has 1 aromatic carbocycles. The molecule has 2 atom stereocenters. The molecule has 0 unspecified atom stereocenters. The highest BCUT2D eigenvalue weighted by Gasteiger charge is 2.30. The third-order valence-corrected chi connectivity index (χ3v) is 5.12. The van der Waals surface area contributed by atoms with E-state index in [0.29, 0.717) is 36.1 Å². The molecule has 1 aliphatic heterocycles. The molecule has 0 spiro atoms. The van der Waals surface area contributed by atoms with Crippen LogP contribution in [0.2, 0.25) is 0 Å². The van der Waals surface area contributed by atoms with Crippen LogP contribution in [0.25, 0.3) is 11.0 Å². The smallest absolute Gasteiger partial charge is 0.251 e. The Bertz CT molecular complexity index is 946. The van der Waals surface area contributed by atoms with E-state index in [1.165, 1.54) is 0 Å². The molecule has 9 heteroatoms. The van der Waals surface area contributed by atoms with Crippen molar-refractivity contribution in [2.75, 3.05) is 13.1 Å². The van der Waals surface area contributed by atoms with Gasteiger partial charge in [-0.1, -0.05) is 5.16 Å². The summed E-state index contributed by atoms with van der Waals surface area (Å²) in [5.41, 5.74) is 3.78. The number of nitrogens with one attached hydrogen (secondary N) is 2. The average Bonchev–Trinajstić information content (AvgIpc) is 3.25. The monoisotopic (exact) mass is 370 g/mol. The van der Waals surface area contributed by atoms with Crippen molar-refractivity contribution in [3.8, 4) is 0 Å². The van der Waals surface area contributed by atoms with Gasteiger partial charge in [0.25, 0.3) is 5.91 Å². The summed E-state index contributed by atoms with van der Waals surface area (Å²) < 4.78 is 5.20. The summed E-state index contributed by atoms with van der Waals surface area (Å²) in [5, 5.41) is 27.9. The Balaban J connectivity index is 1.37. The highest BCUT2D eigenvalue weighted by atomic mass is 16.5. The molecule has 0 saturated carbocycles. The molecule has 1 fully saturated rings. The van der Waals surface area contributed by atoms with E-state index >= 15 is 0 Å². The standard InChI is InChI=1S/C18H22N6O3/c1-10-13(11(2)27-22-10)8-24-6-5-15(17(25)9-24)19-18(26)12-3-4-14-16(7-12)21-23-20-14/h3-4,7,15,17,25H,5-6,8-9H2,1-2H3,(H,19,26)(H,20,21,23)/t15-,17-/m1/s1. The van der Waals surface area contributed by atoms with Gasteiger partial charge in [0, 0.05) is 30.8 Å². The molecule has 3 heterocycles. The fourth-order valence-corrected chi connectivity index (χ4v) is 3.49. The number of hydrogen-bond donors (Lipinski definition) is 3. The molecule has 0 bridgehead atoms. The van der Waals surface area contributed by atoms with Crippen LogP contribution in [0.5, 0.6) is 0 Å². The molecule has 4 rings (SSSR count). The third kappa shape index (κ3) is 3.56. The van der Waals surface area contributed by atoms with E-state index in [2.05, 4.69) is 30.8 Å². The van der Waals surface area contributed by atoms with Crippen LogP contribution in [0.4, 0.5) is 0 Å². The maximum atomic E-state index is 12.5. The second-order valence-electron chi connectivity index (χ2n) is 7.00. The van der Waals surface area contributed by atoms with Gasteiger partial charge < -0.3 is 14.9 Å². The number of fused-ring (bicyclic) bond motifs is 1. The largest absolute Gasteiger partial charge is 0.390 e. The van der Waals surface area contributed by atoms with Crippen molar-refractivity contribution in [2.24, 2.45) is 0 Å². The van der Waals surface area contributed by atoms with Crippen LogP contribution in [-0.4, -0.2) is 61.7 Å². The summed E-state index contributed by atoms with van der Waals surface area (Å²) in [6, 6.07) is 4.86. The maximum absolute atomic E-state index is 12.5. The van der Waals surface area contributed by atoms with E-state index in [1.807, 2.05) is 13.8 Å². The predicted molar refractivity (Wildman–Crippen MR) is 97.0 cm³/mol. The van der Waals surface area contributed by atoms with E-state index < -0.39 is 6.10 Å². The minimum atomic E-state index is -0.640. The number of β-amino-alcohol motifs (C(OH)–C–C–N with tert-alkyl or cyclic N) is 1. The molecular formula is C18H22N6O3. The normalized spacial score (nSPS) is 20.9. The van der Waals surface area contributed by atoms with Crippen LogP contribution in [-0.2, 0) is 6.54 Å². The van der Waals surface area contributed by atoms with Crippen LogP contribution in [0, 0.1) is 13.8 Å². The number of rotatable bonds is 4. The van der Waals surface area contributed by atoms with Crippen LogP contribution in [0.3, 0.4) is 0 Å². The van der Waals surface area contributed by atoms with Gasteiger partial charge in [0.15, 0.2) is 0 Å². The Labute approximate surface area is 155 Å². The molecule has 2 aromatic heterocycles. The Morgan fingerprint density at radius 3 is 2.93 bits per heavy atom. The number of aliphatic hydroxyl groups excluding tert-OH is 1. The van der Waals surface area contributed by atoms with E-state index in [-0.39, 0.29) is 11.9 Å². The molecule has 3 aromatic rings. The van der Waals surface area contributed by atoms with Gasteiger partial charge in [-0.3, -0.25) is 9.69 Å². The maximum Gasteiger partial charge on any atom is 0.251 e. The van der Waals surface area contributed by atoms with E-state index in [9.17, 15) is 9.90 Å². The van der Waals surface area contributed by atoms with Crippen LogP contribution in [0.1, 0.15) is 33.8 Å². The van der Waals surface area contributed by atoms with E-state index in [1.54, 1.807) is 18.2 Å². The first kappa shape index (κ1) is 17.6. The first-order valence-electron chi connectivity index (χ1n) is 8.95. The van der Waals surface area contributed by atoms with Crippen molar-refractivity contribution < 1.29 is 14.4 Å². The lowest BCUT2D eigenvalue weighted by atomic mass is 10.00. The highest BCUT2D eigenvalue weighted by Crippen LogP contribution is 2.19. The number of aromatic nitrogens is 4. The van der Waals surface area contributed by atoms with Crippen molar-refractivity contribution in [1.29, 1.82) is 0 Å². The van der Waals surface area contributed by atoms with Gasteiger partial charge in [-0.2, -0.15) is 15.4 Å². The zero-order valence-corrected chi connectivity index (χ0v) is 15.3. The topological polar surface area (TPSA) is 120 Å². The minimum absolute atomic E-state index is 0.219. The van der Waals surface area contributed by atoms with E-state index in [4.69, 9.17) is 4.52 Å². The summed E-state index contributed by atoms with van der Waals surface area (Å²) in [5.74, 6) is 0.587. The molecule has 27 heavy (non-hydrogen) atoms. The van der Waals surface area contributed by atoms with Crippen molar-refractivity contribution >= 4 is 16.9 Å². The molecule has 3 N–H and O–H groups in total. The number of aromatic amines is 1. The van der Waals surface area contributed by atoms with Gasteiger partial charge in [0.2, 0.25) is 0 Å². The van der Waals surface area contributed by atoms with Gasteiger partial charge >= 0.3 is 0 Å². The fraction of sp³-hybridized carbons (Fsp3) is 0.444. The summed E-state index contributed by atoms with van der Waals surface area (Å²) in [7, 11) is 0. The van der Waals surface area contributed by atoms with Crippen LogP contribution >= 0.6 is 0 Å². The molecule has 142 valence electrons. The Morgan fingerprint density at radius 1 is 1.37 bits per heavy atom. The second kappa shape index (κ2) is 7.09. The number of hydrogen-bond acceptors (Lipinski definition) is 7. The number of benzene rings is 1. The number of aryl methyl sites for hydroxylation is 2. The zero-order chi connectivity index (χ0) is 19.0. The summed E-state index contributed by atoms with van der Waals surface area (Å²) in [6.07, 6.45) is 0.0293. The Kier molecular flexibility index (Phi) is 4.63. The molecule has 9 nitrogen and oxygen atoms in total. The quantitative estimate of drug-likeness (QED) is 0.625. The molecule has 1 aliphatic rings. The van der Waals surface area contributed by atoms with Crippen molar-refractivity contribution in [3.63, 3.8) is 0 Å². The van der Waals surface area contributed by atoms with Gasteiger partial charge in [-0.25, -0.2) is 0 Å². The Morgan fingerprint density at radius 2 is 2.19 bits per heavy atom. The first-order valence-corrected chi connectivity index (χ1v) is 8.95. The molecule has 1 amide bonds. The number of nitrogens with zero attached hydrogens (tertiary/aromatic N) is 4. The average molecular weight is 370 g/mol. The molecular weight excluding hydrogens is 348 g/mol. The van der Waals surface area contributed by atoms with Crippen LogP contribution < -0.4 is 5.32 Å². The van der Waals surface area contributed by atoms with Crippen molar-refractivity contribution in [3.05, 3.63) is 40.8 Å². The lowest BCUT2D eigenvalue weighted by Gasteiger charge is -2.36. The summed E-state index contributed by atoms with van der Waals surface area (Å²) in [6.45, 7) is 5.75. The Hall–Kier alpha value is -2.78. The second-order valence-corrected chi connectivity index (χ2v) is 7.00. The summed E-state index contributed by atoms with van der Waals surface area (Å²) in [4.78, 5) is 14.7. The minimum Gasteiger partial charge on any atom is -0.390 e. The molecule has 0 aliphatic carbocycles. The van der Waals surface area contributed by atoms with Gasteiger partial charge in [0.1, 0.15) is 16.8 Å². The number of aliphatic hydroxyl groups is 1. The number of piperidine rings is 1. The molecule has 1 saturated heterocycles. The van der Waals surface area contributed by atoms with Gasteiger partial charge in [-0.05, 0) is 38.5 Å². The molecule has 0 radical (unpaired) electrons. The fourth-order valence-electron chi connectivity index (χ4n) is 3.49. The van der Waals surface area contributed by atoms with Crippen molar-refractivity contribution in [2.45, 2.75) is 39.0 Å². The number of H-pyrrole nitrogens is 1. The van der Waals surface area contributed by atoms with Crippen LogP contribution in [0.15, 0.2) is 22.7 Å². The first-order chi connectivity index (χ1) is 13.0.